The minimum Gasteiger partial charge on any atom is -0.394 e. The Kier molecular flexibility index (Phi) is 40.2. The molecule has 9 N–H and O–H groups in total. The van der Waals surface area contributed by atoms with Gasteiger partial charge in [0.15, 0.2) is 12.6 Å². The van der Waals surface area contributed by atoms with Crippen LogP contribution in [0.5, 0.6) is 0 Å². The Bertz CT molecular complexity index is 1180. The Morgan fingerprint density at radius 3 is 1.21 bits per heavy atom. The van der Waals surface area contributed by atoms with Crippen molar-refractivity contribution >= 4 is 5.91 Å². The summed E-state index contributed by atoms with van der Waals surface area (Å²) in [5, 5.41) is 87.2. The van der Waals surface area contributed by atoms with E-state index in [9.17, 15) is 45.6 Å². The molecular formula is C56H109NO13. The Morgan fingerprint density at radius 2 is 0.814 bits per heavy atom. The van der Waals surface area contributed by atoms with E-state index in [1.807, 2.05) is 0 Å². The number of amides is 1. The second-order valence-corrected chi connectivity index (χ2v) is 21.1. The van der Waals surface area contributed by atoms with Crippen molar-refractivity contribution in [2.75, 3.05) is 19.8 Å². The lowest BCUT2D eigenvalue weighted by atomic mass is 9.97. The molecule has 0 aromatic rings. The highest BCUT2D eigenvalue weighted by atomic mass is 16.7. The standard InChI is InChI=1S/C56H109NO13/c1-3-5-7-9-11-13-15-17-19-21-22-23-24-25-27-29-31-33-35-37-39-45(60)44(57-48(61)40-38-36-34-32-30-28-26-20-18-16-14-12-10-8-6-4-2)43-67-55-53(66)51(64)54(47(42-59)69-55)70-56-52(65)50(63)49(62)46(41-58)68-56/h44-47,49-56,58-60,62-66H,3-43H2,1-2H3,(H,57,61). The SMILES string of the molecule is CCCCCCCCCCCCCCCCCCCCCCC(O)C(COC1OC(CO)C(OC2OC(CO)C(O)C(O)C2O)C(O)C1O)NC(=O)CCCCCCCCCCCCCCCCCC. The van der Waals surface area contributed by atoms with Crippen molar-refractivity contribution < 1.29 is 64.6 Å². The molecule has 2 fully saturated rings. The van der Waals surface area contributed by atoms with E-state index in [1.54, 1.807) is 0 Å². The lowest BCUT2D eigenvalue weighted by Gasteiger charge is -2.46. The number of ether oxygens (including phenoxy) is 4. The van der Waals surface area contributed by atoms with E-state index in [0.29, 0.717) is 12.8 Å². The van der Waals surface area contributed by atoms with Crippen LogP contribution >= 0.6 is 0 Å². The molecule has 2 rings (SSSR count). The van der Waals surface area contributed by atoms with Gasteiger partial charge in [-0.3, -0.25) is 4.79 Å². The largest absolute Gasteiger partial charge is 0.394 e. The zero-order chi connectivity index (χ0) is 51.0. The van der Waals surface area contributed by atoms with E-state index < -0.39 is 86.8 Å². The van der Waals surface area contributed by atoms with Crippen LogP contribution in [0.2, 0.25) is 0 Å². The smallest absolute Gasteiger partial charge is 0.220 e. The number of hydrogen-bond acceptors (Lipinski definition) is 13. The van der Waals surface area contributed by atoms with E-state index in [4.69, 9.17) is 18.9 Å². The summed E-state index contributed by atoms with van der Waals surface area (Å²) in [6, 6.07) is -0.822. The summed E-state index contributed by atoms with van der Waals surface area (Å²) >= 11 is 0. The number of aliphatic hydroxyl groups excluding tert-OH is 8. The number of carbonyl (C=O) groups excluding carboxylic acids is 1. The van der Waals surface area contributed by atoms with Crippen molar-refractivity contribution in [2.24, 2.45) is 0 Å². The average Bonchev–Trinajstić information content (AvgIpc) is 3.36. The molecule has 0 aromatic heterocycles. The Hall–Kier alpha value is -1.01. The molecule has 12 unspecified atom stereocenters. The van der Waals surface area contributed by atoms with Crippen LogP contribution in [0, 0.1) is 0 Å². The maximum atomic E-state index is 13.2. The average molecular weight is 1000 g/mol. The van der Waals surface area contributed by atoms with Gasteiger partial charge in [-0.05, 0) is 12.8 Å². The molecule has 0 radical (unpaired) electrons. The number of unbranched alkanes of at least 4 members (excludes halogenated alkanes) is 34. The van der Waals surface area contributed by atoms with E-state index in [2.05, 4.69) is 19.2 Å². The molecule has 0 saturated carbocycles. The Labute approximate surface area is 425 Å². The first-order valence-corrected chi connectivity index (χ1v) is 29.3. The number of carbonyl (C=O) groups is 1. The van der Waals surface area contributed by atoms with Gasteiger partial charge in [0.1, 0.15) is 48.8 Å². The molecule has 1 amide bonds. The maximum absolute atomic E-state index is 13.2. The van der Waals surface area contributed by atoms with Crippen LogP contribution in [0.3, 0.4) is 0 Å². The van der Waals surface area contributed by atoms with E-state index in [-0.39, 0.29) is 12.5 Å². The number of rotatable bonds is 47. The maximum Gasteiger partial charge on any atom is 0.220 e. The van der Waals surface area contributed by atoms with Crippen molar-refractivity contribution in [2.45, 2.75) is 331 Å². The van der Waals surface area contributed by atoms with E-state index in [1.165, 1.54) is 180 Å². The van der Waals surface area contributed by atoms with Crippen LogP contribution in [-0.2, 0) is 23.7 Å². The molecule has 14 nitrogen and oxygen atoms in total. The quantitative estimate of drug-likeness (QED) is 0.0259. The zero-order valence-electron chi connectivity index (χ0n) is 44.5. The summed E-state index contributed by atoms with van der Waals surface area (Å²) in [6.45, 7) is 2.89. The van der Waals surface area contributed by atoms with Crippen molar-refractivity contribution in [3.8, 4) is 0 Å². The summed E-state index contributed by atoms with van der Waals surface area (Å²) in [4.78, 5) is 13.2. The molecule has 2 saturated heterocycles. The first-order chi connectivity index (χ1) is 34.1. The zero-order valence-corrected chi connectivity index (χ0v) is 44.5. The number of aliphatic hydroxyl groups is 8. The Balaban J connectivity index is 1.76. The second kappa shape index (κ2) is 43.3. The van der Waals surface area contributed by atoms with Gasteiger partial charge in [0.2, 0.25) is 5.91 Å². The molecule has 14 heteroatoms. The van der Waals surface area contributed by atoms with E-state index in [0.717, 1.165) is 51.4 Å². The third kappa shape index (κ3) is 29.2. The number of nitrogens with one attached hydrogen (secondary N) is 1. The molecule has 12 atom stereocenters. The monoisotopic (exact) mass is 1000 g/mol. The Morgan fingerprint density at radius 1 is 0.457 bits per heavy atom. The van der Waals surface area contributed by atoms with Crippen LogP contribution in [-0.4, -0.2) is 140 Å². The van der Waals surface area contributed by atoms with Crippen molar-refractivity contribution in [3.05, 3.63) is 0 Å². The van der Waals surface area contributed by atoms with Crippen LogP contribution in [0.4, 0.5) is 0 Å². The van der Waals surface area contributed by atoms with Crippen LogP contribution in [0.25, 0.3) is 0 Å². The minimum atomic E-state index is -1.78. The fourth-order valence-corrected chi connectivity index (χ4v) is 10.1. The summed E-state index contributed by atoms with van der Waals surface area (Å²) in [5.41, 5.74) is 0. The van der Waals surface area contributed by atoms with Crippen molar-refractivity contribution in [1.29, 1.82) is 0 Å². The van der Waals surface area contributed by atoms with Gasteiger partial charge in [0, 0.05) is 6.42 Å². The molecule has 416 valence electrons. The van der Waals surface area contributed by atoms with Gasteiger partial charge < -0.3 is 65.1 Å². The van der Waals surface area contributed by atoms with Crippen LogP contribution in [0.15, 0.2) is 0 Å². The lowest BCUT2D eigenvalue weighted by Crippen LogP contribution is -2.65. The van der Waals surface area contributed by atoms with Gasteiger partial charge >= 0.3 is 0 Å². The van der Waals surface area contributed by atoms with E-state index >= 15 is 0 Å². The van der Waals surface area contributed by atoms with Gasteiger partial charge in [0.05, 0.1) is 32.0 Å². The molecule has 0 aromatic carbocycles. The van der Waals surface area contributed by atoms with Gasteiger partial charge in [0.25, 0.3) is 0 Å². The molecule has 0 spiro atoms. The molecule has 2 aliphatic rings. The second-order valence-electron chi connectivity index (χ2n) is 21.1. The normalized spacial score (nSPS) is 25.9. The van der Waals surface area contributed by atoms with Gasteiger partial charge in [-0.25, -0.2) is 0 Å². The first-order valence-electron chi connectivity index (χ1n) is 29.3. The third-order valence-electron chi connectivity index (χ3n) is 14.8. The summed E-state index contributed by atoms with van der Waals surface area (Å²) in [7, 11) is 0. The lowest BCUT2D eigenvalue weighted by molar-refractivity contribution is -0.359. The molecule has 2 heterocycles. The fourth-order valence-electron chi connectivity index (χ4n) is 10.1. The minimum absolute atomic E-state index is 0.201. The van der Waals surface area contributed by atoms with Crippen molar-refractivity contribution in [1.82, 2.24) is 5.32 Å². The third-order valence-corrected chi connectivity index (χ3v) is 14.8. The highest BCUT2D eigenvalue weighted by Gasteiger charge is 2.51. The van der Waals surface area contributed by atoms with Crippen LogP contribution in [0.1, 0.15) is 258 Å². The van der Waals surface area contributed by atoms with Gasteiger partial charge in [-0.15, -0.1) is 0 Å². The first kappa shape index (κ1) is 65.1. The highest BCUT2D eigenvalue weighted by molar-refractivity contribution is 5.76. The predicted molar refractivity (Wildman–Crippen MR) is 277 cm³/mol. The highest BCUT2D eigenvalue weighted by Crippen LogP contribution is 2.30. The predicted octanol–water partition coefficient (Wildman–Crippen LogP) is 9.34. The topological polar surface area (TPSA) is 228 Å². The van der Waals surface area contributed by atoms with Gasteiger partial charge in [-0.2, -0.15) is 0 Å². The molecule has 0 bridgehead atoms. The summed E-state index contributed by atoms with van der Waals surface area (Å²) in [5.74, 6) is -0.201. The molecular weight excluding hydrogens is 895 g/mol. The number of hydrogen-bond donors (Lipinski definition) is 9. The van der Waals surface area contributed by atoms with Crippen molar-refractivity contribution in [3.63, 3.8) is 0 Å². The fraction of sp³-hybridized carbons (Fsp3) is 0.982. The summed E-state index contributed by atoms with van der Waals surface area (Å²) < 4.78 is 22.8. The molecule has 70 heavy (non-hydrogen) atoms. The molecule has 0 aliphatic carbocycles. The van der Waals surface area contributed by atoms with Crippen LogP contribution < -0.4 is 5.32 Å². The summed E-state index contributed by atoms with van der Waals surface area (Å²) in [6.07, 6.45) is 29.5. The molecule has 2 aliphatic heterocycles. The van der Waals surface area contributed by atoms with Gasteiger partial charge in [-0.1, -0.05) is 239 Å².